The Morgan fingerprint density at radius 1 is 1.12 bits per heavy atom. The molecule has 8 atom stereocenters. The summed E-state index contributed by atoms with van der Waals surface area (Å²) < 4.78 is 0. The van der Waals surface area contributed by atoms with Crippen molar-refractivity contribution < 1.29 is 0 Å². The zero-order valence-corrected chi connectivity index (χ0v) is 22.9. The molecule has 2 aliphatic carbocycles. The van der Waals surface area contributed by atoms with E-state index in [0.717, 1.165) is 42.3 Å². The van der Waals surface area contributed by atoms with Gasteiger partial charge in [-0.15, -0.1) is 6.58 Å². The van der Waals surface area contributed by atoms with E-state index in [1.54, 1.807) is 0 Å². The molecule has 1 saturated heterocycles. The van der Waals surface area contributed by atoms with Crippen molar-refractivity contribution in [2.24, 2.45) is 46.3 Å². The molecule has 2 saturated carbocycles. The predicted molar refractivity (Wildman–Crippen MR) is 141 cm³/mol. The van der Waals surface area contributed by atoms with Gasteiger partial charge >= 0.3 is 0 Å². The zero-order valence-electron chi connectivity index (χ0n) is 22.9. The van der Waals surface area contributed by atoms with E-state index in [1.807, 2.05) is 0 Å². The fraction of sp³-hybridized carbons (Fsp3) is 0.933. The fourth-order valence-electron chi connectivity index (χ4n) is 9.13. The largest absolute Gasteiger partial charge is 0.298 e. The highest BCUT2D eigenvalue weighted by Crippen LogP contribution is 2.69. The molecule has 3 aliphatic rings. The second kappa shape index (κ2) is 10.5. The Morgan fingerprint density at radius 3 is 2.47 bits per heavy atom. The van der Waals surface area contributed by atoms with E-state index in [9.17, 15) is 0 Å². The van der Waals surface area contributed by atoms with Gasteiger partial charge in [0.05, 0.1) is 0 Å². The minimum atomic E-state index is 0.432. The van der Waals surface area contributed by atoms with Gasteiger partial charge in [0.25, 0.3) is 0 Å². The van der Waals surface area contributed by atoms with Crippen LogP contribution >= 0.6 is 0 Å². The Bertz CT molecular complexity index is 610. The van der Waals surface area contributed by atoms with Crippen LogP contribution in [0, 0.1) is 46.3 Å². The van der Waals surface area contributed by atoms with Crippen molar-refractivity contribution in [3.8, 4) is 0 Å². The SMILES string of the molecule is C=CC(NCN1CCC(C)C1C1CC2(C(C)C)CCCC(C)C1C2(C)C)C(C)CCCC. The predicted octanol–water partition coefficient (Wildman–Crippen LogP) is 7.75. The topological polar surface area (TPSA) is 15.3 Å². The molecule has 32 heavy (non-hydrogen) atoms. The van der Waals surface area contributed by atoms with Crippen molar-refractivity contribution in [2.75, 3.05) is 13.2 Å². The Hall–Kier alpha value is -0.340. The summed E-state index contributed by atoms with van der Waals surface area (Å²) in [6.07, 6.45) is 13.2. The molecule has 1 aliphatic heterocycles. The van der Waals surface area contributed by atoms with E-state index in [0.29, 0.717) is 22.8 Å². The number of likely N-dealkylation sites (tertiary alicyclic amines) is 1. The Labute approximate surface area is 201 Å². The minimum absolute atomic E-state index is 0.432. The van der Waals surface area contributed by atoms with Gasteiger partial charge in [0.2, 0.25) is 0 Å². The Morgan fingerprint density at radius 2 is 1.84 bits per heavy atom. The number of hydrogen-bond donors (Lipinski definition) is 1. The summed E-state index contributed by atoms with van der Waals surface area (Å²) in [5, 5.41) is 3.94. The molecule has 3 fully saturated rings. The first kappa shape index (κ1) is 26.3. The summed E-state index contributed by atoms with van der Waals surface area (Å²) in [6, 6.07) is 1.17. The van der Waals surface area contributed by atoms with E-state index in [1.165, 1.54) is 57.9 Å². The lowest BCUT2D eigenvalue weighted by Crippen LogP contribution is -2.49. The van der Waals surface area contributed by atoms with E-state index >= 15 is 0 Å². The van der Waals surface area contributed by atoms with Crippen LogP contribution < -0.4 is 5.32 Å². The molecule has 3 rings (SSSR count). The van der Waals surface area contributed by atoms with Crippen LogP contribution in [0.5, 0.6) is 0 Å². The lowest BCUT2D eigenvalue weighted by molar-refractivity contribution is 0.0110. The van der Waals surface area contributed by atoms with Crippen LogP contribution in [0.3, 0.4) is 0 Å². The third-order valence-electron chi connectivity index (χ3n) is 10.9. The van der Waals surface area contributed by atoms with Gasteiger partial charge in [0, 0.05) is 18.8 Å². The van der Waals surface area contributed by atoms with Crippen LogP contribution in [-0.4, -0.2) is 30.2 Å². The van der Waals surface area contributed by atoms with Gasteiger partial charge in [-0.3, -0.25) is 10.2 Å². The number of rotatable bonds is 10. The van der Waals surface area contributed by atoms with Crippen molar-refractivity contribution in [3.63, 3.8) is 0 Å². The summed E-state index contributed by atoms with van der Waals surface area (Å²) in [7, 11) is 0. The van der Waals surface area contributed by atoms with Crippen LogP contribution in [0.25, 0.3) is 0 Å². The standard InChI is InChI=1S/C30H56N2/c1-10-12-14-22(5)26(11-2)31-20-32-18-16-24(7)28(32)25-19-30(21(3)4)17-13-15-23(6)27(25)29(30,8)9/h11,21-28,31H,2,10,12-20H2,1,3-9H3. The zero-order chi connectivity index (χ0) is 23.7. The summed E-state index contributed by atoms with van der Waals surface area (Å²) in [4.78, 5) is 2.85. The van der Waals surface area contributed by atoms with E-state index < -0.39 is 0 Å². The molecular weight excluding hydrogens is 388 g/mol. The molecule has 0 aromatic carbocycles. The number of unbranched alkanes of at least 4 members (excludes halogenated alkanes) is 1. The summed E-state index contributed by atoms with van der Waals surface area (Å²) in [6.45, 7) is 26.7. The monoisotopic (exact) mass is 444 g/mol. The maximum atomic E-state index is 4.18. The maximum Gasteiger partial charge on any atom is 0.0488 e. The van der Waals surface area contributed by atoms with Crippen molar-refractivity contribution >= 4 is 0 Å². The molecule has 2 heteroatoms. The Balaban J connectivity index is 1.80. The molecule has 186 valence electrons. The van der Waals surface area contributed by atoms with E-state index in [4.69, 9.17) is 0 Å². The third kappa shape index (κ3) is 4.61. The van der Waals surface area contributed by atoms with Gasteiger partial charge in [-0.1, -0.05) is 87.1 Å². The number of nitrogens with zero attached hydrogens (tertiary/aromatic N) is 1. The van der Waals surface area contributed by atoms with Gasteiger partial charge in [0.1, 0.15) is 0 Å². The number of hydrogen-bond acceptors (Lipinski definition) is 2. The average Bonchev–Trinajstić information content (AvgIpc) is 3.16. The lowest BCUT2D eigenvalue weighted by atomic mass is 9.58. The smallest absolute Gasteiger partial charge is 0.0488 e. The molecule has 8 unspecified atom stereocenters. The third-order valence-corrected chi connectivity index (χ3v) is 10.9. The first-order valence-corrected chi connectivity index (χ1v) is 14.2. The minimum Gasteiger partial charge on any atom is -0.298 e. The van der Waals surface area contributed by atoms with Gasteiger partial charge in [-0.05, 0) is 78.6 Å². The number of nitrogens with one attached hydrogen (secondary N) is 1. The highest BCUT2D eigenvalue weighted by Gasteiger charge is 2.63. The van der Waals surface area contributed by atoms with Crippen molar-refractivity contribution in [3.05, 3.63) is 12.7 Å². The molecular formula is C30H56N2. The van der Waals surface area contributed by atoms with Crippen LogP contribution in [0.1, 0.15) is 107 Å². The first-order chi connectivity index (χ1) is 15.1. The molecule has 0 aromatic rings. The molecule has 0 radical (unpaired) electrons. The van der Waals surface area contributed by atoms with Crippen molar-refractivity contribution in [1.29, 1.82) is 0 Å². The molecule has 0 amide bonds. The maximum absolute atomic E-state index is 4.18. The van der Waals surface area contributed by atoms with Crippen LogP contribution in [-0.2, 0) is 0 Å². The van der Waals surface area contributed by atoms with Gasteiger partial charge in [-0.2, -0.15) is 0 Å². The van der Waals surface area contributed by atoms with Gasteiger partial charge < -0.3 is 0 Å². The van der Waals surface area contributed by atoms with E-state index in [2.05, 4.69) is 78.3 Å². The van der Waals surface area contributed by atoms with Gasteiger partial charge in [0.15, 0.2) is 0 Å². The van der Waals surface area contributed by atoms with Gasteiger partial charge in [-0.25, -0.2) is 0 Å². The van der Waals surface area contributed by atoms with Crippen molar-refractivity contribution in [2.45, 2.75) is 119 Å². The summed E-state index contributed by atoms with van der Waals surface area (Å²) in [5.41, 5.74) is 0.967. The second-order valence-electron chi connectivity index (χ2n) is 13.1. The molecule has 0 aromatic heterocycles. The first-order valence-electron chi connectivity index (χ1n) is 14.2. The Kier molecular flexibility index (Phi) is 8.63. The fourth-order valence-corrected chi connectivity index (χ4v) is 9.13. The van der Waals surface area contributed by atoms with Crippen LogP contribution in [0.4, 0.5) is 0 Å². The molecule has 2 bridgehead atoms. The van der Waals surface area contributed by atoms with Crippen LogP contribution in [0.2, 0.25) is 0 Å². The second-order valence-corrected chi connectivity index (χ2v) is 13.1. The summed E-state index contributed by atoms with van der Waals surface area (Å²) in [5.74, 6) is 4.83. The van der Waals surface area contributed by atoms with Crippen LogP contribution in [0.15, 0.2) is 12.7 Å². The van der Waals surface area contributed by atoms with Crippen molar-refractivity contribution in [1.82, 2.24) is 10.2 Å². The molecule has 2 nitrogen and oxygen atoms in total. The highest BCUT2D eigenvalue weighted by atomic mass is 15.3. The number of fused-ring (bicyclic) bond motifs is 2. The molecule has 1 heterocycles. The highest BCUT2D eigenvalue weighted by molar-refractivity contribution is 5.13. The summed E-state index contributed by atoms with van der Waals surface area (Å²) >= 11 is 0. The quantitative estimate of drug-likeness (QED) is 0.346. The molecule has 0 spiro atoms. The lowest BCUT2D eigenvalue weighted by Gasteiger charge is -2.47. The van der Waals surface area contributed by atoms with E-state index in [-0.39, 0.29) is 0 Å². The molecule has 1 N–H and O–H groups in total. The normalized spacial score (nSPS) is 39.2. The average molecular weight is 445 g/mol.